The summed E-state index contributed by atoms with van der Waals surface area (Å²) in [7, 11) is -3.96. The van der Waals surface area contributed by atoms with Gasteiger partial charge < -0.3 is 11.2 Å². The van der Waals surface area contributed by atoms with Crippen molar-refractivity contribution in [2.24, 2.45) is 11.6 Å². The van der Waals surface area contributed by atoms with Crippen LogP contribution in [0, 0.1) is 0 Å². The van der Waals surface area contributed by atoms with Crippen LogP contribution in [0.5, 0.6) is 0 Å². The van der Waals surface area contributed by atoms with E-state index in [9.17, 15) is 13.2 Å². The number of hydrogen-bond acceptors (Lipinski definition) is 6. The third-order valence-corrected chi connectivity index (χ3v) is 3.89. The second-order valence-electron chi connectivity index (χ2n) is 4.09. The molecule has 1 aromatic heterocycles. The van der Waals surface area contributed by atoms with Crippen LogP contribution in [0.15, 0.2) is 23.2 Å². The zero-order valence-electron chi connectivity index (χ0n) is 9.97. The summed E-state index contributed by atoms with van der Waals surface area (Å²) in [5.41, 5.74) is 5.86. The minimum absolute atomic E-state index is 0.0229. The molecule has 18 heavy (non-hydrogen) atoms. The Labute approximate surface area is 105 Å². The number of pyridine rings is 1. The van der Waals surface area contributed by atoms with E-state index in [2.05, 4.69) is 15.1 Å². The Morgan fingerprint density at radius 2 is 2.06 bits per heavy atom. The predicted octanol–water partition coefficient (Wildman–Crippen LogP) is -1.09. The standard InChI is InChI=1S/C9H15N5O3S/c1-9(2,8(10)15)14-18(16,17)6-4-3-5-12-7(6)13-11/h3-5,14H,11H2,1-2H3,(H2,10,15)(H,12,13). The van der Waals surface area contributed by atoms with Crippen molar-refractivity contribution in [1.82, 2.24) is 9.71 Å². The van der Waals surface area contributed by atoms with Crippen LogP contribution in [0.25, 0.3) is 0 Å². The van der Waals surface area contributed by atoms with Gasteiger partial charge in [0, 0.05) is 6.20 Å². The van der Waals surface area contributed by atoms with Crippen LogP contribution in [0.4, 0.5) is 5.82 Å². The molecule has 0 fully saturated rings. The maximum atomic E-state index is 12.1. The molecule has 6 N–H and O–H groups in total. The van der Waals surface area contributed by atoms with E-state index in [1.54, 1.807) is 0 Å². The highest BCUT2D eigenvalue weighted by Crippen LogP contribution is 2.18. The minimum atomic E-state index is -3.96. The van der Waals surface area contributed by atoms with Gasteiger partial charge >= 0.3 is 0 Å². The summed E-state index contributed by atoms with van der Waals surface area (Å²) in [6, 6.07) is 2.74. The summed E-state index contributed by atoms with van der Waals surface area (Å²) in [4.78, 5) is 14.7. The highest BCUT2D eigenvalue weighted by atomic mass is 32.2. The molecule has 0 atom stereocenters. The normalized spacial score (nSPS) is 12.2. The number of sulfonamides is 1. The number of hydrazine groups is 1. The van der Waals surface area contributed by atoms with Gasteiger partial charge in [-0.1, -0.05) is 0 Å². The Morgan fingerprint density at radius 1 is 1.44 bits per heavy atom. The van der Waals surface area contributed by atoms with Gasteiger partial charge in [0.1, 0.15) is 10.4 Å². The summed E-state index contributed by atoms with van der Waals surface area (Å²) in [6.45, 7) is 2.72. The maximum absolute atomic E-state index is 12.1. The van der Waals surface area contributed by atoms with Crippen molar-refractivity contribution >= 4 is 21.7 Å². The molecule has 0 bridgehead atoms. The van der Waals surface area contributed by atoms with Crippen molar-refractivity contribution in [3.05, 3.63) is 18.3 Å². The van der Waals surface area contributed by atoms with Crippen LogP contribution in [0.1, 0.15) is 13.8 Å². The van der Waals surface area contributed by atoms with Gasteiger partial charge in [0.15, 0.2) is 5.82 Å². The number of amides is 1. The number of aromatic nitrogens is 1. The molecular weight excluding hydrogens is 258 g/mol. The number of carbonyl (C=O) groups excluding carboxylic acids is 1. The Hall–Kier alpha value is -1.71. The first kappa shape index (κ1) is 14.4. The largest absolute Gasteiger partial charge is 0.368 e. The second kappa shape index (κ2) is 4.88. The van der Waals surface area contributed by atoms with Crippen molar-refractivity contribution in [2.45, 2.75) is 24.3 Å². The first-order valence-electron chi connectivity index (χ1n) is 4.96. The van der Waals surface area contributed by atoms with E-state index >= 15 is 0 Å². The summed E-state index contributed by atoms with van der Waals surface area (Å²) >= 11 is 0. The number of nitrogens with two attached hydrogens (primary N) is 2. The fourth-order valence-electron chi connectivity index (χ4n) is 1.16. The molecule has 0 radical (unpaired) electrons. The second-order valence-corrected chi connectivity index (χ2v) is 5.74. The monoisotopic (exact) mass is 273 g/mol. The predicted molar refractivity (Wildman–Crippen MR) is 65.6 cm³/mol. The molecular formula is C9H15N5O3S. The Bertz CT molecular complexity index is 555. The molecule has 0 saturated carbocycles. The van der Waals surface area contributed by atoms with Gasteiger partial charge in [-0.15, -0.1) is 0 Å². The highest BCUT2D eigenvalue weighted by Gasteiger charge is 2.32. The van der Waals surface area contributed by atoms with Crippen molar-refractivity contribution in [2.75, 3.05) is 5.43 Å². The third kappa shape index (κ3) is 2.94. The lowest BCUT2D eigenvalue weighted by Gasteiger charge is -2.22. The Kier molecular flexibility index (Phi) is 3.89. The average molecular weight is 273 g/mol. The maximum Gasteiger partial charge on any atom is 0.245 e. The topological polar surface area (TPSA) is 140 Å². The molecule has 0 aliphatic carbocycles. The van der Waals surface area contributed by atoms with Crippen molar-refractivity contribution in [3.8, 4) is 0 Å². The lowest BCUT2D eigenvalue weighted by atomic mass is 10.1. The fourth-order valence-corrected chi connectivity index (χ4v) is 2.66. The SMILES string of the molecule is CC(C)(NS(=O)(=O)c1cccnc1NN)C(N)=O. The van der Waals surface area contributed by atoms with Gasteiger partial charge in [-0.05, 0) is 26.0 Å². The Morgan fingerprint density at radius 3 is 2.56 bits per heavy atom. The molecule has 9 heteroatoms. The van der Waals surface area contributed by atoms with Gasteiger partial charge in [-0.2, -0.15) is 4.72 Å². The molecule has 1 rings (SSSR count). The van der Waals surface area contributed by atoms with Gasteiger partial charge in [-0.3, -0.25) is 4.79 Å². The quantitative estimate of drug-likeness (QED) is 0.397. The molecule has 0 saturated heterocycles. The molecule has 0 spiro atoms. The number of anilines is 1. The van der Waals surface area contributed by atoms with E-state index in [1.165, 1.54) is 32.2 Å². The number of rotatable bonds is 5. The number of nitrogen functional groups attached to an aromatic ring is 1. The molecule has 1 aromatic rings. The van der Waals surface area contributed by atoms with E-state index in [-0.39, 0.29) is 10.7 Å². The lowest BCUT2D eigenvalue weighted by Crippen LogP contribution is -2.52. The molecule has 0 aliphatic rings. The van der Waals surface area contributed by atoms with E-state index in [0.29, 0.717) is 0 Å². The van der Waals surface area contributed by atoms with E-state index in [4.69, 9.17) is 11.6 Å². The third-order valence-electron chi connectivity index (χ3n) is 2.20. The smallest absolute Gasteiger partial charge is 0.245 e. The Balaban J connectivity index is 3.19. The molecule has 0 aliphatic heterocycles. The molecule has 0 aromatic carbocycles. The van der Waals surface area contributed by atoms with Crippen LogP contribution in [-0.4, -0.2) is 24.8 Å². The zero-order valence-corrected chi connectivity index (χ0v) is 10.8. The number of nitrogens with one attached hydrogen (secondary N) is 2. The van der Waals surface area contributed by atoms with Crippen LogP contribution >= 0.6 is 0 Å². The van der Waals surface area contributed by atoms with Crippen LogP contribution in [0.2, 0.25) is 0 Å². The average Bonchev–Trinajstić information content (AvgIpc) is 2.27. The minimum Gasteiger partial charge on any atom is -0.368 e. The van der Waals surface area contributed by atoms with Gasteiger partial charge in [0.25, 0.3) is 0 Å². The van der Waals surface area contributed by atoms with E-state index < -0.39 is 21.5 Å². The molecule has 8 nitrogen and oxygen atoms in total. The van der Waals surface area contributed by atoms with E-state index in [0.717, 1.165) is 0 Å². The summed E-state index contributed by atoms with van der Waals surface area (Å²) in [5.74, 6) is 4.36. The molecule has 1 amide bonds. The highest BCUT2D eigenvalue weighted by molar-refractivity contribution is 7.89. The number of carbonyl (C=O) groups is 1. The molecule has 1 heterocycles. The molecule has 0 unspecified atom stereocenters. The summed E-state index contributed by atoms with van der Waals surface area (Å²) in [5, 5.41) is 0. The first-order valence-corrected chi connectivity index (χ1v) is 6.44. The van der Waals surface area contributed by atoms with Gasteiger partial charge in [0.2, 0.25) is 15.9 Å². The number of hydrogen-bond donors (Lipinski definition) is 4. The number of nitrogens with zero attached hydrogens (tertiary/aromatic N) is 1. The fraction of sp³-hybridized carbons (Fsp3) is 0.333. The van der Waals surface area contributed by atoms with Gasteiger partial charge in [0.05, 0.1) is 0 Å². The summed E-state index contributed by atoms with van der Waals surface area (Å²) in [6.07, 6.45) is 1.38. The van der Waals surface area contributed by atoms with Crippen molar-refractivity contribution in [3.63, 3.8) is 0 Å². The van der Waals surface area contributed by atoms with Crippen LogP contribution in [-0.2, 0) is 14.8 Å². The summed E-state index contributed by atoms with van der Waals surface area (Å²) < 4.78 is 26.3. The molecule has 100 valence electrons. The number of primary amides is 1. The van der Waals surface area contributed by atoms with Crippen molar-refractivity contribution < 1.29 is 13.2 Å². The van der Waals surface area contributed by atoms with Crippen LogP contribution in [0.3, 0.4) is 0 Å². The van der Waals surface area contributed by atoms with Crippen LogP contribution < -0.4 is 21.7 Å². The van der Waals surface area contributed by atoms with Gasteiger partial charge in [-0.25, -0.2) is 19.2 Å². The van der Waals surface area contributed by atoms with E-state index in [1.807, 2.05) is 0 Å². The first-order chi connectivity index (χ1) is 8.20. The zero-order chi connectivity index (χ0) is 14.0. The lowest BCUT2D eigenvalue weighted by molar-refractivity contribution is -0.122. The van der Waals surface area contributed by atoms with Crippen molar-refractivity contribution in [1.29, 1.82) is 0 Å².